The summed E-state index contributed by atoms with van der Waals surface area (Å²) in [4.78, 5) is 22.9. The molecule has 0 saturated carbocycles. The van der Waals surface area contributed by atoms with Crippen LogP contribution in [-0.2, 0) is 9.13 Å². The largest absolute Gasteiger partial charge is 2.00 e. The molecule has 9 heteroatoms. The first-order chi connectivity index (χ1) is 6.71. The molecule has 2 N–H and O–H groups in total. The molecular formula is C8H18CaO6P2. The molecule has 0 heterocycles. The average Bonchev–Trinajstić information content (AvgIpc) is 1.97. The molecule has 2 unspecified atom stereocenters. The fourth-order valence-corrected chi connectivity index (χ4v) is 4.01. The van der Waals surface area contributed by atoms with Crippen molar-refractivity contribution < 1.29 is 29.1 Å². The van der Waals surface area contributed by atoms with Gasteiger partial charge < -0.3 is 29.1 Å². The molecule has 6 nitrogen and oxygen atoms in total. The Balaban J connectivity index is 0. The summed E-state index contributed by atoms with van der Waals surface area (Å²) in [7, 11) is -8.44. The van der Waals surface area contributed by atoms with Crippen LogP contribution in [0, 0.1) is 0 Å². The van der Waals surface area contributed by atoms with Gasteiger partial charge in [0.2, 0.25) is 0 Å². The third-order valence-corrected chi connectivity index (χ3v) is 7.67. The van der Waals surface area contributed by atoms with Gasteiger partial charge in [-0.25, -0.2) is 0 Å². The van der Waals surface area contributed by atoms with Crippen molar-refractivity contribution >= 4 is 52.5 Å². The Bertz CT molecular complexity index is 309. The fraction of sp³-hybridized carbons (Fsp3) is 1.00. The molecule has 17 heavy (non-hydrogen) atoms. The van der Waals surface area contributed by atoms with E-state index in [9.17, 15) is 29.1 Å². The predicted octanol–water partition coefficient (Wildman–Crippen LogP) is -0.661. The van der Waals surface area contributed by atoms with Crippen molar-refractivity contribution in [3.63, 3.8) is 0 Å². The van der Waals surface area contributed by atoms with Crippen LogP contribution in [0.1, 0.15) is 27.7 Å². The number of rotatable bonds is 5. The fourth-order valence-electron chi connectivity index (χ4n) is 0.811. The Morgan fingerprint density at radius 2 is 1.06 bits per heavy atom. The molecule has 0 aromatic heterocycles. The molecule has 0 aromatic rings. The van der Waals surface area contributed by atoms with Crippen LogP contribution < -0.4 is 9.79 Å². The zero-order valence-electron chi connectivity index (χ0n) is 10.5. The maximum atomic E-state index is 11.5. The maximum Gasteiger partial charge on any atom is 2.00 e. The van der Waals surface area contributed by atoms with E-state index in [0.29, 0.717) is 0 Å². The molecule has 0 amide bonds. The Kier molecular flexibility index (Phi) is 7.78. The first kappa shape index (κ1) is 20.9. The standard InChI is InChI=1S/C8H20O6P2.Ca/c1-7(2,9)15(11,12)5-6-16(13,14)8(3,4)10;/h9-10H,5-6H2,1-4H3,(H,11,12)(H,13,14);/q;+2/p-2. The van der Waals surface area contributed by atoms with Gasteiger partial charge in [0.15, 0.2) is 0 Å². The molecule has 0 bridgehead atoms. The van der Waals surface area contributed by atoms with Gasteiger partial charge in [-0.2, -0.15) is 0 Å². The summed E-state index contributed by atoms with van der Waals surface area (Å²) in [5.41, 5.74) is 0. The van der Waals surface area contributed by atoms with Crippen LogP contribution >= 0.6 is 14.7 Å². The molecule has 0 radical (unpaired) electrons. The SMILES string of the molecule is CC(C)(O)P(=O)([O-])CCP(=O)([O-])C(C)(C)O.[Ca+2]. The van der Waals surface area contributed by atoms with Crippen LogP contribution in [0.2, 0.25) is 0 Å². The minimum atomic E-state index is -4.22. The van der Waals surface area contributed by atoms with Crippen LogP contribution in [0.25, 0.3) is 0 Å². The second-order valence-electron chi connectivity index (χ2n) is 4.78. The molecular weight excluding hydrogens is 294 g/mol. The Hall–Kier alpha value is 1.56. The van der Waals surface area contributed by atoms with Crippen molar-refractivity contribution in [2.75, 3.05) is 12.3 Å². The second-order valence-corrected chi connectivity index (χ2v) is 10.6. The zero-order valence-corrected chi connectivity index (χ0v) is 14.5. The van der Waals surface area contributed by atoms with Crippen molar-refractivity contribution in [3.05, 3.63) is 0 Å². The molecule has 0 rings (SSSR count). The van der Waals surface area contributed by atoms with Crippen LogP contribution in [0.15, 0.2) is 0 Å². The molecule has 0 saturated heterocycles. The molecule has 0 aromatic carbocycles. The third-order valence-electron chi connectivity index (χ3n) is 2.36. The zero-order chi connectivity index (χ0) is 13.4. The van der Waals surface area contributed by atoms with Gasteiger partial charge in [0.1, 0.15) is 0 Å². The van der Waals surface area contributed by atoms with Crippen molar-refractivity contribution in [2.45, 2.75) is 38.4 Å². The van der Waals surface area contributed by atoms with Gasteiger partial charge in [-0.15, -0.1) is 0 Å². The predicted molar refractivity (Wildman–Crippen MR) is 63.3 cm³/mol. The summed E-state index contributed by atoms with van der Waals surface area (Å²) in [6.07, 6.45) is -1.36. The van der Waals surface area contributed by atoms with Gasteiger partial charge in [0.25, 0.3) is 0 Å². The number of hydrogen-bond acceptors (Lipinski definition) is 6. The van der Waals surface area contributed by atoms with Crippen molar-refractivity contribution in [3.8, 4) is 0 Å². The Labute approximate surface area is 131 Å². The van der Waals surface area contributed by atoms with E-state index in [1.165, 1.54) is 0 Å². The molecule has 98 valence electrons. The van der Waals surface area contributed by atoms with Crippen molar-refractivity contribution in [2.24, 2.45) is 0 Å². The van der Waals surface area contributed by atoms with Gasteiger partial charge in [0.05, 0.1) is 10.7 Å². The Morgan fingerprint density at radius 3 is 1.18 bits per heavy atom. The number of hydrogen-bond donors (Lipinski definition) is 2. The Morgan fingerprint density at radius 1 is 0.882 bits per heavy atom. The molecule has 0 aliphatic carbocycles. The average molecular weight is 312 g/mol. The quantitative estimate of drug-likeness (QED) is 0.513. The van der Waals surface area contributed by atoms with Gasteiger partial charge in [-0.05, 0) is 40.0 Å². The summed E-state index contributed by atoms with van der Waals surface area (Å²) in [6, 6.07) is 0. The van der Waals surface area contributed by atoms with Crippen LogP contribution in [0.5, 0.6) is 0 Å². The summed E-state index contributed by atoms with van der Waals surface area (Å²) in [5.74, 6) is 0. The number of aliphatic hydroxyl groups is 2. The van der Waals surface area contributed by atoms with Crippen LogP contribution in [-0.4, -0.2) is 71.0 Å². The van der Waals surface area contributed by atoms with Crippen LogP contribution in [0.4, 0.5) is 0 Å². The van der Waals surface area contributed by atoms with E-state index in [0.717, 1.165) is 27.7 Å². The normalized spacial score (nSPS) is 20.0. The monoisotopic (exact) mass is 312 g/mol. The second kappa shape index (κ2) is 6.34. The van der Waals surface area contributed by atoms with Gasteiger partial charge in [-0.3, -0.25) is 0 Å². The van der Waals surface area contributed by atoms with Crippen molar-refractivity contribution in [1.82, 2.24) is 0 Å². The van der Waals surface area contributed by atoms with E-state index in [1.807, 2.05) is 0 Å². The molecule has 2 atom stereocenters. The van der Waals surface area contributed by atoms with E-state index < -0.39 is 37.7 Å². The maximum absolute atomic E-state index is 11.5. The van der Waals surface area contributed by atoms with E-state index in [4.69, 9.17) is 0 Å². The summed E-state index contributed by atoms with van der Waals surface area (Å²) in [5, 5.41) is 14.7. The summed E-state index contributed by atoms with van der Waals surface area (Å²) in [6.45, 7) is 4.34. The van der Waals surface area contributed by atoms with Gasteiger partial charge in [-0.1, -0.05) is 0 Å². The molecule has 0 aliphatic heterocycles. The molecule has 0 aliphatic rings. The molecule has 0 fully saturated rings. The van der Waals surface area contributed by atoms with E-state index in [-0.39, 0.29) is 37.7 Å². The molecule has 0 spiro atoms. The summed E-state index contributed by atoms with van der Waals surface area (Å²) < 4.78 is 22.9. The first-order valence-corrected chi connectivity index (χ1v) is 8.38. The first-order valence-electron chi connectivity index (χ1n) is 4.76. The van der Waals surface area contributed by atoms with E-state index in [2.05, 4.69) is 0 Å². The summed E-state index contributed by atoms with van der Waals surface area (Å²) >= 11 is 0. The van der Waals surface area contributed by atoms with Gasteiger partial charge in [0, 0.05) is 14.7 Å². The van der Waals surface area contributed by atoms with Crippen LogP contribution in [0.3, 0.4) is 0 Å². The van der Waals surface area contributed by atoms with E-state index >= 15 is 0 Å². The van der Waals surface area contributed by atoms with E-state index in [1.54, 1.807) is 0 Å². The minimum absolute atomic E-state index is 0. The van der Waals surface area contributed by atoms with Crippen molar-refractivity contribution in [1.29, 1.82) is 0 Å². The topological polar surface area (TPSA) is 121 Å². The third kappa shape index (κ3) is 6.03. The smallest absolute Gasteiger partial charge is 0.797 e. The minimum Gasteiger partial charge on any atom is -0.797 e. The van der Waals surface area contributed by atoms with Gasteiger partial charge >= 0.3 is 37.7 Å².